The zero-order valence-electron chi connectivity index (χ0n) is 18.9. The van der Waals surface area contributed by atoms with Gasteiger partial charge in [-0.1, -0.05) is 0 Å². The fourth-order valence-corrected chi connectivity index (χ4v) is 3.26. The van der Waals surface area contributed by atoms with Crippen molar-refractivity contribution in [1.29, 1.82) is 0 Å². The van der Waals surface area contributed by atoms with Gasteiger partial charge in [0.15, 0.2) is 17.5 Å². The van der Waals surface area contributed by atoms with Crippen LogP contribution in [0.3, 0.4) is 0 Å². The Hall–Kier alpha value is -3.73. The smallest absolute Gasteiger partial charge is 0.331 e. The number of hydrogen-bond acceptors (Lipinski definition) is 9. The summed E-state index contributed by atoms with van der Waals surface area (Å²) in [7, 11) is 1.35. The molecule has 1 fully saturated rings. The molecule has 0 spiro atoms. The highest BCUT2D eigenvalue weighted by molar-refractivity contribution is 5.98. The van der Waals surface area contributed by atoms with Crippen molar-refractivity contribution >= 4 is 17.8 Å². The van der Waals surface area contributed by atoms with Crippen molar-refractivity contribution in [3.63, 3.8) is 0 Å². The minimum Gasteiger partial charge on any atom is -0.493 e. The Kier molecular flexibility index (Phi) is 8.36. The standard InChI is InChI=1S/C23H25FN2O8/c1-13-10-17(34-16-6-4-15(24)5-7-16)11-31-12-18(23(29)32-13)26-22(28)20-21(33-14(2)27)19(30-3)8-9-25-20/h4-9,13,17-18H,10-12H2,1-3H3,(H,26,28)/t13?,17?,18-/m0/s1. The number of halogens is 1. The number of rotatable bonds is 6. The molecule has 1 aliphatic heterocycles. The third-order valence-electron chi connectivity index (χ3n) is 4.76. The minimum absolute atomic E-state index is 0.0980. The summed E-state index contributed by atoms with van der Waals surface area (Å²) in [6, 6.07) is 5.80. The van der Waals surface area contributed by atoms with Crippen molar-refractivity contribution in [3.05, 3.63) is 48.0 Å². The van der Waals surface area contributed by atoms with Crippen LogP contribution in [0.4, 0.5) is 4.39 Å². The lowest BCUT2D eigenvalue weighted by Crippen LogP contribution is -2.45. The van der Waals surface area contributed by atoms with Gasteiger partial charge in [-0.05, 0) is 31.2 Å². The maximum Gasteiger partial charge on any atom is 0.331 e. The van der Waals surface area contributed by atoms with Gasteiger partial charge in [-0.3, -0.25) is 9.59 Å². The molecule has 0 bridgehead atoms. The van der Waals surface area contributed by atoms with Gasteiger partial charge in [0.05, 0.1) is 20.3 Å². The lowest BCUT2D eigenvalue weighted by atomic mass is 10.2. The van der Waals surface area contributed by atoms with Crippen LogP contribution >= 0.6 is 0 Å². The van der Waals surface area contributed by atoms with Gasteiger partial charge in [-0.2, -0.15) is 0 Å². The summed E-state index contributed by atoms with van der Waals surface area (Å²) >= 11 is 0. The Labute approximate surface area is 195 Å². The van der Waals surface area contributed by atoms with E-state index in [0.29, 0.717) is 12.2 Å². The Morgan fingerprint density at radius 3 is 2.59 bits per heavy atom. The number of ether oxygens (including phenoxy) is 5. The van der Waals surface area contributed by atoms with E-state index >= 15 is 0 Å². The van der Waals surface area contributed by atoms with E-state index in [1.54, 1.807) is 6.92 Å². The number of esters is 2. The van der Waals surface area contributed by atoms with E-state index in [4.69, 9.17) is 23.7 Å². The molecule has 34 heavy (non-hydrogen) atoms. The zero-order valence-corrected chi connectivity index (χ0v) is 18.9. The van der Waals surface area contributed by atoms with Crippen LogP contribution in [0.15, 0.2) is 36.5 Å². The van der Waals surface area contributed by atoms with Crippen molar-refractivity contribution in [2.45, 2.75) is 38.5 Å². The monoisotopic (exact) mass is 476 g/mol. The first-order valence-corrected chi connectivity index (χ1v) is 10.5. The third kappa shape index (κ3) is 6.64. The average molecular weight is 476 g/mol. The van der Waals surface area contributed by atoms with Crippen LogP contribution in [-0.2, 0) is 19.1 Å². The Balaban J connectivity index is 1.71. The van der Waals surface area contributed by atoms with E-state index in [9.17, 15) is 18.8 Å². The van der Waals surface area contributed by atoms with E-state index in [1.807, 2.05) is 0 Å². The van der Waals surface area contributed by atoms with Crippen LogP contribution in [0.5, 0.6) is 17.2 Å². The van der Waals surface area contributed by atoms with Gasteiger partial charge in [0.25, 0.3) is 5.91 Å². The average Bonchev–Trinajstić information content (AvgIpc) is 2.84. The van der Waals surface area contributed by atoms with Gasteiger partial charge in [-0.15, -0.1) is 0 Å². The largest absolute Gasteiger partial charge is 0.493 e. The SMILES string of the molecule is COc1ccnc(C(=O)N[C@H]2COCC(Oc3ccc(F)cc3)CC(C)OC2=O)c1OC(C)=O. The molecule has 3 atom stereocenters. The summed E-state index contributed by atoms with van der Waals surface area (Å²) in [6.07, 6.45) is 0.597. The van der Waals surface area contributed by atoms with Crippen molar-refractivity contribution in [2.24, 2.45) is 0 Å². The van der Waals surface area contributed by atoms with Crippen molar-refractivity contribution in [2.75, 3.05) is 20.3 Å². The fourth-order valence-electron chi connectivity index (χ4n) is 3.26. The molecule has 10 nitrogen and oxygen atoms in total. The Morgan fingerprint density at radius 1 is 1.18 bits per heavy atom. The zero-order chi connectivity index (χ0) is 24.7. The summed E-state index contributed by atoms with van der Waals surface area (Å²) < 4.78 is 40.3. The topological polar surface area (TPSA) is 122 Å². The lowest BCUT2D eigenvalue weighted by Gasteiger charge is -2.21. The van der Waals surface area contributed by atoms with E-state index in [1.165, 1.54) is 50.6 Å². The van der Waals surface area contributed by atoms with Crippen LogP contribution in [0.2, 0.25) is 0 Å². The minimum atomic E-state index is -1.15. The number of pyridine rings is 1. The molecule has 1 aromatic heterocycles. The summed E-state index contributed by atoms with van der Waals surface area (Å²) in [5.74, 6) is -2.16. The van der Waals surface area contributed by atoms with Crippen molar-refractivity contribution in [1.82, 2.24) is 10.3 Å². The highest BCUT2D eigenvalue weighted by Crippen LogP contribution is 2.29. The van der Waals surface area contributed by atoms with Crippen LogP contribution < -0.4 is 19.5 Å². The molecule has 2 heterocycles. The summed E-state index contributed by atoms with van der Waals surface area (Å²) in [4.78, 5) is 41.0. The van der Waals surface area contributed by atoms with Crippen LogP contribution in [-0.4, -0.2) is 61.4 Å². The number of cyclic esters (lactones) is 1. The predicted molar refractivity (Wildman–Crippen MR) is 115 cm³/mol. The molecule has 3 rings (SSSR count). The molecule has 1 N–H and O–H groups in total. The second kappa shape index (κ2) is 11.4. The molecule has 0 saturated carbocycles. The molecule has 1 amide bonds. The van der Waals surface area contributed by atoms with Crippen LogP contribution in [0.25, 0.3) is 0 Å². The molecule has 182 valence electrons. The summed E-state index contributed by atoms with van der Waals surface area (Å²) in [5.41, 5.74) is -0.243. The predicted octanol–water partition coefficient (Wildman–Crippen LogP) is 2.05. The number of aromatic nitrogens is 1. The second-order valence-corrected chi connectivity index (χ2v) is 7.53. The van der Waals surface area contributed by atoms with Gasteiger partial charge < -0.3 is 29.0 Å². The number of nitrogens with one attached hydrogen (secondary N) is 1. The molecular weight excluding hydrogens is 451 g/mol. The quantitative estimate of drug-likeness (QED) is 0.624. The first-order valence-electron chi connectivity index (χ1n) is 10.5. The molecular formula is C23H25FN2O8. The normalized spacial score (nSPS) is 20.7. The van der Waals surface area contributed by atoms with Gasteiger partial charge in [0, 0.05) is 25.6 Å². The lowest BCUT2D eigenvalue weighted by molar-refractivity contribution is -0.151. The first kappa shape index (κ1) is 24.9. The molecule has 2 aromatic rings. The first-order chi connectivity index (χ1) is 16.3. The highest BCUT2D eigenvalue weighted by Gasteiger charge is 2.31. The van der Waals surface area contributed by atoms with Gasteiger partial charge in [0.1, 0.15) is 23.8 Å². The molecule has 1 aliphatic rings. The second-order valence-electron chi connectivity index (χ2n) is 7.53. The van der Waals surface area contributed by atoms with Crippen molar-refractivity contribution < 1.29 is 42.5 Å². The molecule has 2 unspecified atom stereocenters. The highest BCUT2D eigenvalue weighted by atomic mass is 19.1. The molecule has 11 heteroatoms. The molecule has 0 aliphatic carbocycles. The van der Waals surface area contributed by atoms with Crippen LogP contribution in [0, 0.1) is 5.82 Å². The van der Waals surface area contributed by atoms with Crippen molar-refractivity contribution in [3.8, 4) is 17.2 Å². The number of benzene rings is 1. The Morgan fingerprint density at radius 2 is 1.91 bits per heavy atom. The summed E-state index contributed by atoms with van der Waals surface area (Å²) in [6.45, 7) is 2.75. The maximum absolute atomic E-state index is 13.1. The number of methoxy groups -OCH3 is 1. The fraction of sp³-hybridized carbons (Fsp3) is 0.391. The van der Waals surface area contributed by atoms with E-state index in [0.717, 1.165) is 0 Å². The van der Waals surface area contributed by atoms with E-state index in [2.05, 4.69) is 10.3 Å². The van der Waals surface area contributed by atoms with E-state index < -0.39 is 36.1 Å². The number of nitrogens with zero attached hydrogens (tertiary/aromatic N) is 1. The number of carbonyl (C=O) groups excluding carboxylic acids is 3. The van der Waals surface area contributed by atoms with Gasteiger partial charge >= 0.3 is 11.9 Å². The third-order valence-corrected chi connectivity index (χ3v) is 4.76. The molecule has 1 aromatic carbocycles. The molecule has 1 saturated heterocycles. The van der Waals surface area contributed by atoms with Gasteiger partial charge in [0.2, 0.25) is 5.75 Å². The number of hydrogen-bond donors (Lipinski definition) is 1. The number of amides is 1. The summed E-state index contributed by atoms with van der Waals surface area (Å²) in [5, 5.41) is 2.51. The van der Waals surface area contributed by atoms with Crippen LogP contribution in [0.1, 0.15) is 30.8 Å². The van der Waals surface area contributed by atoms with E-state index in [-0.39, 0.29) is 36.2 Å². The van der Waals surface area contributed by atoms with Gasteiger partial charge in [-0.25, -0.2) is 14.2 Å². The molecule has 0 radical (unpaired) electrons. The number of carbonyl (C=O) groups is 3. The maximum atomic E-state index is 13.1. The Bertz CT molecular complexity index is 1030.